The second kappa shape index (κ2) is 13.2. The molecule has 180 valence electrons. The summed E-state index contributed by atoms with van der Waals surface area (Å²) in [5.41, 5.74) is 8.61. The molecule has 0 aliphatic carbocycles. The smallest absolute Gasteiger partial charge is 0.154 e. The maximum atomic E-state index is 5.88. The van der Waals surface area contributed by atoms with Crippen LogP contribution in [0.25, 0.3) is 23.1 Å². The molecule has 0 saturated heterocycles. The molecule has 6 heteroatoms. The van der Waals surface area contributed by atoms with E-state index in [0.29, 0.717) is 32.2 Å². The Hall–Kier alpha value is -3.74. The van der Waals surface area contributed by atoms with Crippen LogP contribution in [0.2, 0.25) is 0 Å². The molecule has 0 unspecified atom stereocenters. The molecule has 0 aliphatic heterocycles. The molecule has 4 aromatic rings. The molecule has 3 N–H and O–H groups in total. The highest BCUT2D eigenvalue weighted by Gasteiger charge is 2.06. The third-order valence-electron chi connectivity index (χ3n) is 5.42. The monoisotopic (exact) mass is 468 g/mol. The average molecular weight is 469 g/mol. The van der Waals surface area contributed by atoms with Gasteiger partial charge in [-0.3, -0.25) is 0 Å². The van der Waals surface area contributed by atoms with Crippen molar-refractivity contribution in [2.75, 3.05) is 31.6 Å². The SMILES string of the molecule is NCCCOCCCNc1nc(C=Cc2ccc(OCc3ccccc3)cc2)nc2ccccc12. The van der Waals surface area contributed by atoms with Crippen LogP contribution in [0.4, 0.5) is 5.82 Å². The van der Waals surface area contributed by atoms with Crippen molar-refractivity contribution < 1.29 is 9.47 Å². The van der Waals surface area contributed by atoms with Crippen molar-refractivity contribution in [3.63, 3.8) is 0 Å². The number of hydrogen-bond acceptors (Lipinski definition) is 6. The van der Waals surface area contributed by atoms with E-state index < -0.39 is 0 Å². The summed E-state index contributed by atoms with van der Waals surface area (Å²) >= 11 is 0. The van der Waals surface area contributed by atoms with Crippen LogP contribution in [0, 0.1) is 0 Å². The van der Waals surface area contributed by atoms with Gasteiger partial charge in [-0.25, -0.2) is 9.97 Å². The summed E-state index contributed by atoms with van der Waals surface area (Å²) in [6.45, 7) is 3.40. The summed E-state index contributed by atoms with van der Waals surface area (Å²) in [7, 11) is 0. The molecule has 0 amide bonds. The number of para-hydroxylation sites is 1. The topological polar surface area (TPSA) is 82.3 Å². The van der Waals surface area contributed by atoms with E-state index in [4.69, 9.17) is 25.2 Å². The molecular formula is C29H32N4O2. The predicted molar refractivity (Wildman–Crippen MR) is 143 cm³/mol. The van der Waals surface area contributed by atoms with Gasteiger partial charge >= 0.3 is 0 Å². The van der Waals surface area contributed by atoms with Gasteiger partial charge < -0.3 is 20.5 Å². The quantitative estimate of drug-likeness (QED) is 0.251. The molecule has 0 radical (unpaired) electrons. The van der Waals surface area contributed by atoms with Gasteiger partial charge in [0.15, 0.2) is 5.82 Å². The lowest BCUT2D eigenvalue weighted by Gasteiger charge is -2.10. The number of anilines is 1. The van der Waals surface area contributed by atoms with Crippen molar-refractivity contribution in [1.82, 2.24) is 9.97 Å². The van der Waals surface area contributed by atoms with Crippen molar-refractivity contribution >= 4 is 28.9 Å². The Morgan fingerprint density at radius 2 is 1.57 bits per heavy atom. The first-order chi connectivity index (χ1) is 17.3. The van der Waals surface area contributed by atoms with E-state index in [1.807, 2.05) is 78.9 Å². The van der Waals surface area contributed by atoms with Gasteiger partial charge in [0.2, 0.25) is 0 Å². The predicted octanol–water partition coefficient (Wildman–Crippen LogP) is 5.55. The summed E-state index contributed by atoms with van der Waals surface area (Å²) in [4.78, 5) is 9.46. The van der Waals surface area contributed by atoms with Gasteiger partial charge in [0.25, 0.3) is 0 Å². The Kier molecular flexibility index (Phi) is 9.21. The number of rotatable bonds is 13. The van der Waals surface area contributed by atoms with Gasteiger partial charge in [-0.05, 0) is 60.9 Å². The molecule has 0 bridgehead atoms. The minimum absolute atomic E-state index is 0.552. The standard InChI is InChI=1S/C29H32N4O2/c30-18-6-20-34-21-7-19-31-29-26-10-4-5-11-27(26)32-28(33-29)17-14-23-12-15-25(16-13-23)35-22-24-8-2-1-3-9-24/h1-5,8-17H,6-7,18-22,30H2,(H,31,32,33). The molecule has 0 spiro atoms. The van der Waals surface area contributed by atoms with Crippen molar-refractivity contribution in [3.05, 3.63) is 95.8 Å². The van der Waals surface area contributed by atoms with Crippen LogP contribution in [0.15, 0.2) is 78.9 Å². The van der Waals surface area contributed by atoms with Crippen LogP contribution in [0.5, 0.6) is 5.75 Å². The Balaban J connectivity index is 1.37. The minimum atomic E-state index is 0.552. The maximum absolute atomic E-state index is 5.88. The summed E-state index contributed by atoms with van der Waals surface area (Å²) in [5.74, 6) is 2.34. The number of ether oxygens (including phenoxy) is 2. The zero-order chi connectivity index (χ0) is 24.1. The summed E-state index contributed by atoms with van der Waals surface area (Å²) in [5, 5.41) is 4.45. The largest absolute Gasteiger partial charge is 0.489 e. The number of nitrogens with zero attached hydrogens (tertiary/aromatic N) is 2. The van der Waals surface area contributed by atoms with Crippen LogP contribution in [0.3, 0.4) is 0 Å². The second-order valence-electron chi connectivity index (χ2n) is 8.16. The highest BCUT2D eigenvalue weighted by atomic mass is 16.5. The average Bonchev–Trinajstić information content (AvgIpc) is 2.91. The first-order valence-corrected chi connectivity index (χ1v) is 12.1. The normalized spacial score (nSPS) is 11.2. The van der Waals surface area contributed by atoms with Crippen LogP contribution in [-0.2, 0) is 11.3 Å². The van der Waals surface area contributed by atoms with Crippen molar-refractivity contribution in [2.45, 2.75) is 19.4 Å². The minimum Gasteiger partial charge on any atom is -0.489 e. The third-order valence-corrected chi connectivity index (χ3v) is 5.42. The van der Waals surface area contributed by atoms with Gasteiger partial charge in [0, 0.05) is 25.1 Å². The van der Waals surface area contributed by atoms with E-state index in [1.54, 1.807) is 0 Å². The maximum Gasteiger partial charge on any atom is 0.154 e. The first kappa shape index (κ1) is 24.4. The van der Waals surface area contributed by atoms with Crippen LogP contribution in [0.1, 0.15) is 29.8 Å². The molecule has 1 aromatic heterocycles. The molecule has 1 heterocycles. The molecule has 0 saturated carbocycles. The number of benzene rings is 3. The molecule has 35 heavy (non-hydrogen) atoms. The lowest BCUT2D eigenvalue weighted by Crippen LogP contribution is -2.10. The van der Waals surface area contributed by atoms with E-state index in [-0.39, 0.29) is 0 Å². The molecule has 3 aromatic carbocycles. The van der Waals surface area contributed by atoms with E-state index in [2.05, 4.69) is 17.4 Å². The Bertz CT molecular complexity index is 1210. The molecule has 0 atom stereocenters. The molecule has 0 fully saturated rings. The van der Waals surface area contributed by atoms with Crippen molar-refractivity contribution in [3.8, 4) is 5.75 Å². The van der Waals surface area contributed by atoms with Crippen LogP contribution >= 0.6 is 0 Å². The Morgan fingerprint density at radius 1 is 0.800 bits per heavy atom. The summed E-state index contributed by atoms with van der Waals surface area (Å²) in [6.07, 6.45) is 5.74. The van der Waals surface area contributed by atoms with E-state index in [9.17, 15) is 0 Å². The fraction of sp³-hybridized carbons (Fsp3) is 0.241. The third kappa shape index (κ3) is 7.64. The second-order valence-corrected chi connectivity index (χ2v) is 8.16. The van der Waals surface area contributed by atoms with Gasteiger partial charge in [-0.1, -0.05) is 60.7 Å². The van der Waals surface area contributed by atoms with E-state index in [1.165, 1.54) is 0 Å². The highest BCUT2D eigenvalue weighted by molar-refractivity contribution is 5.90. The Morgan fingerprint density at radius 3 is 2.40 bits per heavy atom. The summed E-state index contributed by atoms with van der Waals surface area (Å²) < 4.78 is 11.5. The van der Waals surface area contributed by atoms with Crippen LogP contribution in [-0.4, -0.2) is 36.3 Å². The van der Waals surface area contributed by atoms with Gasteiger partial charge in [-0.15, -0.1) is 0 Å². The van der Waals surface area contributed by atoms with Crippen LogP contribution < -0.4 is 15.8 Å². The fourth-order valence-electron chi connectivity index (χ4n) is 3.56. The molecule has 4 rings (SSSR count). The Labute approximate surface area is 206 Å². The van der Waals surface area contributed by atoms with Gasteiger partial charge in [0.1, 0.15) is 18.2 Å². The van der Waals surface area contributed by atoms with E-state index in [0.717, 1.165) is 53.0 Å². The van der Waals surface area contributed by atoms with Crippen molar-refractivity contribution in [2.24, 2.45) is 5.73 Å². The molecule has 6 nitrogen and oxygen atoms in total. The number of fused-ring (bicyclic) bond motifs is 1. The number of nitrogens with two attached hydrogens (primary N) is 1. The number of aromatic nitrogens is 2. The number of nitrogens with one attached hydrogen (secondary N) is 1. The zero-order valence-corrected chi connectivity index (χ0v) is 19.9. The number of hydrogen-bond donors (Lipinski definition) is 2. The van der Waals surface area contributed by atoms with Crippen molar-refractivity contribution in [1.29, 1.82) is 0 Å². The molecular weight excluding hydrogens is 436 g/mol. The lowest BCUT2D eigenvalue weighted by molar-refractivity contribution is 0.133. The summed E-state index contributed by atoms with van der Waals surface area (Å²) in [6, 6.07) is 26.2. The zero-order valence-electron chi connectivity index (χ0n) is 19.9. The van der Waals surface area contributed by atoms with E-state index >= 15 is 0 Å². The van der Waals surface area contributed by atoms with Gasteiger partial charge in [-0.2, -0.15) is 0 Å². The first-order valence-electron chi connectivity index (χ1n) is 12.1. The lowest BCUT2D eigenvalue weighted by atomic mass is 10.2. The fourth-order valence-corrected chi connectivity index (χ4v) is 3.56. The highest BCUT2D eigenvalue weighted by Crippen LogP contribution is 2.21. The van der Waals surface area contributed by atoms with Gasteiger partial charge in [0.05, 0.1) is 5.52 Å². The molecule has 0 aliphatic rings.